The Morgan fingerprint density at radius 1 is 1.04 bits per heavy atom. The summed E-state index contributed by atoms with van der Waals surface area (Å²) in [5, 5.41) is 11.9. The molecule has 4 rings (SSSR count). The van der Waals surface area contributed by atoms with E-state index in [9.17, 15) is 14.7 Å². The first kappa shape index (κ1) is 18.9. The van der Waals surface area contributed by atoms with Gasteiger partial charge in [-0.1, -0.05) is 48.5 Å². The molecule has 2 aromatic carbocycles. The van der Waals surface area contributed by atoms with E-state index in [0.29, 0.717) is 4.88 Å². The molecule has 1 atom stereocenters. The van der Waals surface area contributed by atoms with Crippen molar-refractivity contribution in [3.05, 3.63) is 79.6 Å². The second-order valence-corrected chi connectivity index (χ2v) is 9.39. The van der Waals surface area contributed by atoms with Gasteiger partial charge in [-0.05, 0) is 57.0 Å². The Kier molecular flexibility index (Phi) is 5.36. The molecule has 5 nitrogen and oxygen atoms in total. The topological polar surface area (TPSA) is 75.6 Å². The zero-order valence-corrected chi connectivity index (χ0v) is 17.6. The van der Waals surface area contributed by atoms with Crippen molar-refractivity contribution < 1.29 is 19.4 Å². The molecule has 28 heavy (non-hydrogen) atoms. The van der Waals surface area contributed by atoms with Crippen molar-refractivity contribution in [1.29, 1.82) is 0 Å². The van der Waals surface area contributed by atoms with Crippen LogP contribution in [0.5, 0.6) is 0 Å². The lowest BCUT2D eigenvalue weighted by Gasteiger charge is -2.17. The first-order chi connectivity index (χ1) is 13.5. The van der Waals surface area contributed by atoms with Crippen molar-refractivity contribution in [2.75, 3.05) is 6.61 Å². The maximum absolute atomic E-state index is 12.3. The number of carboxylic acid groups (broad SMARTS) is 1. The number of hydrogen-bond donors (Lipinski definition) is 2. The molecule has 1 heterocycles. The Bertz CT molecular complexity index is 1000. The molecule has 0 saturated carbocycles. The summed E-state index contributed by atoms with van der Waals surface area (Å²) in [7, 11) is 0. The molecule has 0 saturated heterocycles. The first-order valence-corrected chi connectivity index (χ1v) is 10.5. The van der Waals surface area contributed by atoms with Crippen LogP contribution in [0, 0.1) is 2.88 Å². The highest BCUT2D eigenvalue weighted by Crippen LogP contribution is 2.44. The number of carboxylic acids is 1. The predicted octanol–water partition coefficient (Wildman–Crippen LogP) is 5.02. The van der Waals surface area contributed by atoms with E-state index >= 15 is 0 Å². The number of benzene rings is 2. The zero-order chi connectivity index (χ0) is 19.7. The van der Waals surface area contributed by atoms with E-state index in [4.69, 9.17) is 4.74 Å². The molecule has 0 fully saturated rings. The van der Waals surface area contributed by atoms with Crippen molar-refractivity contribution in [1.82, 2.24) is 5.32 Å². The van der Waals surface area contributed by atoms with Gasteiger partial charge in [-0.15, -0.1) is 11.3 Å². The summed E-state index contributed by atoms with van der Waals surface area (Å²) in [4.78, 5) is 24.5. The van der Waals surface area contributed by atoms with Gasteiger partial charge in [0.25, 0.3) is 0 Å². The highest BCUT2D eigenvalue weighted by atomic mass is 127. The van der Waals surface area contributed by atoms with Crippen molar-refractivity contribution in [3.63, 3.8) is 0 Å². The standard InChI is InChI=1S/C21H16INO4S/c22-18-10-9-17(28-18)19(20(24)25)23-21(26)27-11-16-14-7-3-1-5-12(14)13-6-2-4-8-15(13)16/h1-10,16,19H,11H2,(H,23,26)(H,24,25). The first-order valence-electron chi connectivity index (χ1n) is 8.64. The van der Waals surface area contributed by atoms with Crippen LogP contribution in [0.1, 0.15) is 28.0 Å². The average Bonchev–Trinajstić information content (AvgIpc) is 3.26. The third kappa shape index (κ3) is 3.64. The van der Waals surface area contributed by atoms with Gasteiger partial charge in [0.15, 0.2) is 6.04 Å². The second-order valence-electron chi connectivity index (χ2n) is 6.38. The van der Waals surface area contributed by atoms with Gasteiger partial charge in [0.1, 0.15) is 6.61 Å². The number of carbonyl (C=O) groups excluding carboxylic acids is 1. The van der Waals surface area contributed by atoms with Crippen LogP contribution in [-0.2, 0) is 9.53 Å². The number of fused-ring (bicyclic) bond motifs is 3. The highest BCUT2D eigenvalue weighted by molar-refractivity contribution is 14.1. The monoisotopic (exact) mass is 505 g/mol. The SMILES string of the molecule is O=C(NC(C(=O)O)c1ccc(I)s1)OCC1c2ccccc2-c2ccccc21. The number of carbonyl (C=O) groups is 2. The lowest BCUT2D eigenvalue weighted by molar-refractivity contribution is -0.139. The van der Waals surface area contributed by atoms with Crippen molar-refractivity contribution in [2.45, 2.75) is 12.0 Å². The van der Waals surface area contributed by atoms with E-state index in [2.05, 4.69) is 40.0 Å². The maximum atomic E-state index is 12.3. The van der Waals surface area contributed by atoms with Gasteiger partial charge in [0.2, 0.25) is 0 Å². The van der Waals surface area contributed by atoms with Crippen LogP contribution in [0.3, 0.4) is 0 Å². The number of aliphatic carboxylic acids is 1. The predicted molar refractivity (Wildman–Crippen MR) is 116 cm³/mol. The normalized spacial score (nSPS) is 13.5. The minimum atomic E-state index is -1.12. The van der Waals surface area contributed by atoms with Crippen LogP contribution < -0.4 is 5.32 Å². The quantitative estimate of drug-likeness (QED) is 0.478. The molecule has 142 valence electrons. The summed E-state index contributed by atoms with van der Waals surface area (Å²) >= 11 is 3.44. The lowest BCUT2D eigenvalue weighted by atomic mass is 9.98. The lowest BCUT2D eigenvalue weighted by Crippen LogP contribution is -2.34. The van der Waals surface area contributed by atoms with Crippen LogP contribution in [0.4, 0.5) is 4.79 Å². The number of ether oxygens (including phenoxy) is 1. The number of hydrogen-bond acceptors (Lipinski definition) is 4. The summed E-state index contributed by atoms with van der Waals surface area (Å²) < 4.78 is 6.39. The third-order valence-corrected chi connectivity index (χ3v) is 6.69. The summed E-state index contributed by atoms with van der Waals surface area (Å²) in [6.45, 7) is 0.147. The molecule has 7 heteroatoms. The third-order valence-electron chi connectivity index (χ3n) is 4.73. The van der Waals surface area contributed by atoms with Gasteiger partial charge in [-0.25, -0.2) is 9.59 Å². The Labute approximate surface area is 179 Å². The van der Waals surface area contributed by atoms with Crippen molar-refractivity contribution >= 4 is 46.0 Å². The number of halogens is 1. The van der Waals surface area contributed by atoms with Gasteiger partial charge in [0, 0.05) is 10.8 Å². The molecule has 1 amide bonds. The summed E-state index contributed by atoms with van der Waals surface area (Å²) in [6.07, 6.45) is -0.738. The summed E-state index contributed by atoms with van der Waals surface area (Å²) in [5.41, 5.74) is 4.51. The largest absolute Gasteiger partial charge is 0.479 e. The zero-order valence-electron chi connectivity index (χ0n) is 14.6. The Morgan fingerprint density at radius 3 is 2.18 bits per heavy atom. The van der Waals surface area contributed by atoms with E-state index in [0.717, 1.165) is 25.1 Å². The number of rotatable bonds is 5. The van der Waals surface area contributed by atoms with Gasteiger partial charge < -0.3 is 15.2 Å². The molecule has 3 aromatic rings. The van der Waals surface area contributed by atoms with Crippen LogP contribution in [0.2, 0.25) is 0 Å². The number of nitrogens with one attached hydrogen (secondary N) is 1. The van der Waals surface area contributed by atoms with Crippen LogP contribution in [-0.4, -0.2) is 23.8 Å². The van der Waals surface area contributed by atoms with E-state index in [1.165, 1.54) is 11.3 Å². The van der Waals surface area contributed by atoms with E-state index < -0.39 is 18.1 Å². The fourth-order valence-corrected chi connectivity index (χ4v) is 5.21. The van der Waals surface area contributed by atoms with Crippen molar-refractivity contribution in [3.8, 4) is 11.1 Å². The molecule has 1 aliphatic rings. The van der Waals surface area contributed by atoms with Crippen LogP contribution in [0.25, 0.3) is 11.1 Å². The van der Waals surface area contributed by atoms with Gasteiger partial charge >= 0.3 is 12.1 Å². The molecule has 1 aliphatic carbocycles. The molecular formula is C21H16INO4S. The average molecular weight is 505 g/mol. The fraction of sp³-hybridized carbons (Fsp3) is 0.143. The van der Waals surface area contributed by atoms with Crippen LogP contribution in [0.15, 0.2) is 60.7 Å². The van der Waals surface area contributed by atoms with E-state index in [-0.39, 0.29) is 12.5 Å². The number of thiophene rings is 1. The Hall–Kier alpha value is -2.39. The van der Waals surface area contributed by atoms with E-state index in [1.807, 2.05) is 42.5 Å². The fourth-order valence-electron chi connectivity index (χ4n) is 3.50. The summed E-state index contributed by atoms with van der Waals surface area (Å²) in [6, 6.07) is 18.5. The molecule has 2 N–H and O–H groups in total. The second kappa shape index (κ2) is 7.92. The molecule has 0 bridgehead atoms. The van der Waals surface area contributed by atoms with Gasteiger partial charge in [-0.3, -0.25) is 0 Å². The molecule has 0 radical (unpaired) electrons. The Balaban J connectivity index is 1.48. The van der Waals surface area contributed by atoms with Crippen molar-refractivity contribution in [2.24, 2.45) is 0 Å². The Morgan fingerprint density at radius 2 is 1.64 bits per heavy atom. The van der Waals surface area contributed by atoms with E-state index in [1.54, 1.807) is 6.07 Å². The van der Waals surface area contributed by atoms with Gasteiger partial charge in [-0.2, -0.15) is 0 Å². The molecule has 1 unspecified atom stereocenters. The highest BCUT2D eigenvalue weighted by Gasteiger charge is 2.30. The molecular weight excluding hydrogens is 489 g/mol. The smallest absolute Gasteiger partial charge is 0.408 e. The number of alkyl carbamates (subject to hydrolysis) is 1. The number of amides is 1. The minimum absolute atomic E-state index is 0.0656. The summed E-state index contributed by atoms with van der Waals surface area (Å²) in [5.74, 6) is -1.18. The van der Waals surface area contributed by atoms with Gasteiger partial charge in [0.05, 0.1) is 2.88 Å². The molecule has 0 spiro atoms. The molecule has 1 aromatic heterocycles. The maximum Gasteiger partial charge on any atom is 0.408 e. The minimum Gasteiger partial charge on any atom is -0.479 e. The van der Waals surface area contributed by atoms with Crippen LogP contribution >= 0.6 is 33.9 Å². The molecule has 0 aliphatic heterocycles.